The number of hydrogen-bond acceptors (Lipinski definition) is 4. The van der Waals surface area contributed by atoms with Gasteiger partial charge >= 0.3 is 0 Å². The number of ether oxygens (including phenoxy) is 1. The summed E-state index contributed by atoms with van der Waals surface area (Å²) in [6.45, 7) is 0.479. The molecule has 6 heteroatoms. The summed E-state index contributed by atoms with van der Waals surface area (Å²) in [4.78, 5) is 4.07. The maximum Gasteiger partial charge on any atom is 0.231 e. The monoisotopic (exact) mass is 254 g/mol. The highest BCUT2D eigenvalue weighted by Gasteiger charge is 2.12. The lowest BCUT2D eigenvalue weighted by molar-refractivity contribution is 0.199. The highest BCUT2D eigenvalue weighted by Crippen LogP contribution is 2.15. The third-order valence-electron chi connectivity index (χ3n) is 2.41. The Morgan fingerprint density at radius 1 is 1.33 bits per heavy atom. The van der Waals surface area contributed by atoms with Gasteiger partial charge in [-0.25, -0.2) is 8.78 Å². The standard InChI is InChI=1S/C12H12F2N2O2/c1-17-6-5-10-15-11(18-16-10)7-8-3-2-4-9(13)12(8)14/h2-4H,5-7H2,1H3. The van der Waals surface area contributed by atoms with Gasteiger partial charge in [-0.1, -0.05) is 17.3 Å². The molecule has 1 heterocycles. The van der Waals surface area contributed by atoms with Crippen LogP contribution in [-0.4, -0.2) is 23.9 Å². The lowest BCUT2D eigenvalue weighted by Gasteiger charge is -1.99. The summed E-state index contributed by atoms with van der Waals surface area (Å²) in [5, 5.41) is 3.72. The van der Waals surface area contributed by atoms with Crippen LogP contribution in [0, 0.1) is 11.6 Å². The smallest absolute Gasteiger partial charge is 0.231 e. The van der Waals surface area contributed by atoms with Crippen molar-refractivity contribution in [2.45, 2.75) is 12.8 Å². The minimum absolute atomic E-state index is 0.0730. The van der Waals surface area contributed by atoms with Gasteiger partial charge < -0.3 is 9.26 Å². The number of halogens is 2. The molecule has 0 saturated carbocycles. The molecule has 18 heavy (non-hydrogen) atoms. The summed E-state index contributed by atoms with van der Waals surface area (Å²) < 4.78 is 36.2. The van der Waals surface area contributed by atoms with E-state index in [0.717, 1.165) is 6.07 Å². The largest absolute Gasteiger partial charge is 0.384 e. The van der Waals surface area contributed by atoms with Gasteiger partial charge in [0.25, 0.3) is 0 Å². The van der Waals surface area contributed by atoms with E-state index in [0.29, 0.717) is 18.9 Å². The second kappa shape index (κ2) is 5.68. The molecular weight excluding hydrogens is 242 g/mol. The van der Waals surface area contributed by atoms with Crippen LogP contribution in [-0.2, 0) is 17.6 Å². The third-order valence-corrected chi connectivity index (χ3v) is 2.41. The molecule has 0 spiro atoms. The summed E-state index contributed by atoms with van der Waals surface area (Å²) in [6, 6.07) is 3.99. The van der Waals surface area contributed by atoms with Crippen molar-refractivity contribution in [2.24, 2.45) is 0 Å². The second-order valence-corrected chi connectivity index (χ2v) is 3.74. The highest BCUT2D eigenvalue weighted by atomic mass is 19.2. The van der Waals surface area contributed by atoms with Crippen LogP contribution in [0.25, 0.3) is 0 Å². The fraction of sp³-hybridized carbons (Fsp3) is 0.333. The number of hydrogen-bond donors (Lipinski definition) is 0. The molecule has 0 amide bonds. The SMILES string of the molecule is COCCc1noc(Cc2cccc(F)c2F)n1. The normalized spacial score (nSPS) is 10.8. The molecule has 1 aromatic heterocycles. The van der Waals surface area contributed by atoms with Crippen molar-refractivity contribution < 1.29 is 18.0 Å². The molecule has 4 nitrogen and oxygen atoms in total. The first-order valence-corrected chi connectivity index (χ1v) is 5.44. The van der Waals surface area contributed by atoms with Gasteiger partial charge in [0, 0.05) is 19.1 Å². The average molecular weight is 254 g/mol. The number of aromatic nitrogens is 2. The summed E-state index contributed by atoms with van der Waals surface area (Å²) >= 11 is 0. The van der Waals surface area contributed by atoms with Crippen LogP contribution >= 0.6 is 0 Å². The molecule has 0 aliphatic rings. The lowest BCUT2D eigenvalue weighted by Crippen LogP contribution is -1.98. The van der Waals surface area contributed by atoms with Gasteiger partial charge in [0.15, 0.2) is 17.5 Å². The molecule has 0 atom stereocenters. The summed E-state index contributed by atoms with van der Waals surface area (Å²) in [6.07, 6.45) is 0.592. The van der Waals surface area contributed by atoms with E-state index in [-0.39, 0.29) is 17.9 Å². The molecule has 1 aromatic carbocycles. The average Bonchev–Trinajstić information content (AvgIpc) is 2.80. The zero-order valence-electron chi connectivity index (χ0n) is 9.82. The Morgan fingerprint density at radius 2 is 2.17 bits per heavy atom. The highest BCUT2D eigenvalue weighted by molar-refractivity contribution is 5.21. The first-order chi connectivity index (χ1) is 8.70. The van der Waals surface area contributed by atoms with Crippen LogP contribution < -0.4 is 0 Å². The Labute approximate surface area is 103 Å². The van der Waals surface area contributed by atoms with Gasteiger partial charge in [0.05, 0.1) is 13.0 Å². The first kappa shape index (κ1) is 12.6. The van der Waals surface area contributed by atoms with E-state index in [1.54, 1.807) is 7.11 Å². The van der Waals surface area contributed by atoms with Gasteiger partial charge in [-0.2, -0.15) is 4.98 Å². The van der Waals surface area contributed by atoms with Crippen molar-refractivity contribution in [2.75, 3.05) is 13.7 Å². The van der Waals surface area contributed by atoms with Crippen molar-refractivity contribution in [3.63, 3.8) is 0 Å². The summed E-state index contributed by atoms with van der Waals surface area (Å²) in [5.41, 5.74) is 0.192. The molecule has 2 rings (SSSR count). The molecule has 0 fully saturated rings. The van der Waals surface area contributed by atoms with E-state index < -0.39 is 11.6 Å². The van der Waals surface area contributed by atoms with Gasteiger partial charge in [-0.05, 0) is 6.07 Å². The van der Waals surface area contributed by atoms with E-state index in [1.165, 1.54) is 12.1 Å². The third kappa shape index (κ3) is 2.89. The molecule has 0 N–H and O–H groups in total. The molecule has 0 bridgehead atoms. The van der Waals surface area contributed by atoms with Gasteiger partial charge in [-0.15, -0.1) is 0 Å². The van der Waals surface area contributed by atoms with Crippen molar-refractivity contribution in [1.29, 1.82) is 0 Å². The van der Waals surface area contributed by atoms with Gasteiger partial charge in [0.2, 0.25) is 5.89 Å². The molecule has 0 radical (unpaired) electrons. The van der Waals surface area contributed by atoms with E-state index in [1.807, 2.05) is 0 Å². The Morgan fingerprint density at radius 3 is 2.94 bits per heavy atom. The second-order valence-electron chi connectivity index (χ2n) is 3.74. The first-order valence-electron chi connectivity index (χ1n) is 5.44. The summed E-state index contributed by atoms with van der Waals surface area (Å²) in [7, 11) is 1.57. The number of methoxy groups -OCH3 is 1. The van der Waals surface area contributed by atoms with Crippen LogP contribution in [0.2, 0.25) is 0 Å². The molecule has 0 aliphatic heterocycles. The topological polar surface area (TPSA) is 48.2 Å². The van der Waals surface area contributed by atoms with Crippen LogP contribution in [0.4, 0.5) is 8.78 Å². The predicted octanol–water partition coefficient (Wildman–Crippen LogP) is 2.13. The molecule has 96 valence electrons. The van der Waals surface area contributed by atoms with Gasteiger partial charge in [0.1, 0.15) is 0 Å². The van der Waals surface area contributed by atoms with Crippen molar-refractivity contribution in [3.05, 3.63) is 47.1 Å². The van der Waals surface area contributed by atoms with Crippen LogP contribution in [0.15, 0.2) is 22.7 Å². The minimum Gasteiger partial charge on any atom is -0.384 e. The molecular formula is C12H12F2N2O2. The molecule has 0 saturated heterocycles. The molecule has 0 aliphatic carbocycles. The fourth-order valence-corrected chi connectivity index (χ4v) is 1.50. The van der Waals surface area contributed by atoms with E-state index in [9.17, 15) is 8.78 Å². The summed E-state index contributed by atoms with van der Waals surface area (Å²) in [5.74, 6) is -1.02. The lowest BCUT2D eigenvalue weighted by atomic mass is 10.1. The molecule has 0 unspecified atom stereocenters. The predicted molar refractivity (Wildman–Crippen MR) is 59.0 cm³/mol. The maximum atomic E-state index is 13.4. The quantitative estimate of drug-likeness (QED) is 0.820. The number of nitrogens with zero attached hydrogens (tertiary/aromatic N) is 2. The minimum atomic E-state index is -0.883. The van der Waals surface area contributed by atoms with E-state index >= 15 is 0 Å². The van der Waals surface area contributed by atoms with Crippen LogP contribution in [0.5, 0.6) is 0 Å². The Kier molecular flexibility index (Phi) is 3.99. The fourth-order valence-electron chi connectivity index (χ4n) is 1.50. The molecule has 2 aromatic rings. The van der Waals surface area contributed by atoms with Gasteiger partial charge in [-0.3, -0.25) is 0 Å². The zero-order valence-corrected chi connectivity index (χ0v) is 9.82. The Hall–Kier alpha value is -1.82. The van der Waals surface area contributed by atoms with Crippen LogP contribution in [0.1, 0.15) is 17.3 Å². The number of benzene rings is 1. The van der Waals surface area contributed by atoms with Crippen molar-refractivity contribution >= 4 is 0 Å². The van der Waals surface area contributed by atoms with E-state index in [4.69, 9.17) is 9.26 Å². The Bertz CT molecular complexity index is 529. The zero-order chi connectivity index (χ0) is 13.0. The number of rotatable bonds is 5. The van der Waals surface area contributed by atoms with Crippen LogP contribution in [0.3, 0.4) is 0 Å². The van der Waals surface area contributed by atoms with Crippen molar-refractivity contribution in [1.82, 2.24) is 10.1 Å². The Balaban J connectivity index is 2.09. The van der Waals surface area contributed by atoms with E-state index in [2.05, 4.69) is 10.1 Å². The van der Waals surface area contributed by atoms with Crippen molar-refractivity contribution in [3.8, 4) is 0 Å². The maximum absolute atomic E-state index is 13.4.